The molecule has 23 heavy (non-hydrogen) atoms. The summed E-state index contributed by atoms with van der Waals surface area (Å²) in [5, 5.41) is 0. The third-order valence-electron chi connectivity index (χ3n) is 3.84. The molecule has 0 saturated carbocycles. The first-order valence-electron chi connectivity index (χ1n) is 7.76. The van der Waals surface area contributed by atoms with Gasteiger partial charge in [-0.15, -0.1) is 0 Å². The van der Waals surface area contributed by atoms with Crippen molar-refractivity contribution in [2.24, 2.45) is 0 Å². The van der Waals surface area contributed by atoms with E-state index in [-0.39, 0.29) is 0 Å². The van der Waals surface area contributed by atoms with Crippen LogP contribution in [0.5, 0.6) is 5.75 Å². The van der Waals surface area contributed by atoms with Crippen LogP contribution in [0.15, 0.2) is 79.4 Å². The van der Waals surface area contributed by atoms with E-state index in [1.54, 1.807) is 0 Å². The van der Waals surface area contributed by atoms with Crippen molar-refractivity contribution in [3.63, 3.8) is 0 Å². The highest BCUT2D eigenvalue weighted by molar-refractivity contribution is 5.73. The molecule has 0 atom stereocenters. The van der Waals surface area contributed by atoms with Gasteiger partial charge in [0, 0.05) is 5.56 Å². The van der Waals surface area contributed by atoms with Crippen molar-refractivity contribution in [3.8, 4) is 16.9 Å². The average molecular weight is 300 g/mol. The first-order chi connectivity index (χ1) is 11.3. The molecule has 0 radical (unpaired) electrons. The molecule has 0 bridgehead atoms. The number of aryl methyl sites for hydroxylation is 1. The lowest BCUT2D eigenvalue weighted by atomic mass is 10.0. The predicted octanol–water partition coefficient (Wildman–Crippen LogP) is 5.88. The second kappa shape index (κ2) is 6.97. The third-order valence-corrected chi connectivity index (χ3v) is 3.84. The largest absolute Gasteiger partial charge is 0.488 e. The minimum atomic E-state index is 0.563. The summed E-state index contributed by atoms with van der Waals surface area (Å²) in [6, 6.07) is 24.9. The van der Waals surface area contributed by atoms with Crippen molar-refractivity contribution in [2.75, 3.05) is 0 Å². The Hall–Kier alpha value is -2.80. The first-order valence-corrected chi connectivity index (χ1v) is 7.76. The molecular weight excluding hydrogens is 280 g/mol. The van der Waals surface area contributed by atoms with Crippen LogP contribution >= 0.6 is 0 Å². The Morgan fingerprint density at radius 3 is 2.35 bits per heavy atom. The molecule has 0 aliphatic carbocycles. The van der Waals surface area contributed by atoms with E-state index in [0.29, 0.717) is 6.61 Å². The molecule has 114 valence electrons. The monoisotopic (exact) mass is 300 g/mol. The molecule has 3 aromatic rings. The van der Waals surface area contributed by atoms with Crippen LogP contribution in [0.2, 0.25) is 0 Å². The van der Waals surface area contributed by atoms with E-state index in [1.807, 2.05) is 36.4 Å². The number of ether oxygens (including phenoxy) is 1. The molecule has 3 aromatic carbocycles. The molecule has 0 aliphatic rings. The topological polar surface area (TPSA) is 9.23 Å². The maximum absolute atomic E-state index is 6.07. The lowest BCUT2D eigenvalue weighted by Gasteiger charge is -2.13. The van der Waals surface area contributed by atoms with Gasteiger partial charge in [0.05, 0.1) is 0 Å². The molecule has 3 rings (SSSR count). The van der Waals surface area contributed by atoms with E-state index >= 15 is 0 Å². The van der Waals surface area contributed by atoms with Crippen LogP contribution in [0.25, 0.3) is 17.2 Å². The normalized spacial score (nSPS) is 10.3. The Morgan fingerprint density at radius 1 is 0.913 bits per heavy atom. The summed E-state index contributed by atoms with van der Waals surface area (Å²) in [6.07, 6.45) is 1.86. The van der Waals surface area contributed by atoms with Gasteiger partial charge in [0.1, 0.15) is 12.4 Å². The molecule has 1 nitrogen and oxygen atoms in total. The highest BCUT2D eigenvalue weighted by atomic mass is 16.5. The van der Waals surface area contributed by atoms with E-state index in [9.17, 15) is 0 Å². The molecule has 0 fully saturated rings. The zero-order valence-electron chi connectivity index (χ0n) is 13.3. The van der Waals surface area contributed by atoms with Crippen LogP contribution in [-0.4, -0.2) is 0 Å². The van der Waals surface area contributed by atoms with Crippen LogP contribution in [-0.2, 0) is 6.61 Å². The molecule has 0 saturated heterocycles. The van der Waals surface area contributed by atoms with E-state index in [4.69, 9.17) is 4.74 Å². The molecule has 0 amide bonds. The van der Waals surface area contributed by atoms with Gasteiger partial charge in [-0.2, -0.15) is 0 Å². The Balaban J connectivity index is 1.92. The fourth-order valence-corrected chi connectivity index (χ4v) is 2.49. The minimum Gasteiger partial charge on any atom is -0.488 e. The van der Waals surface area contributed by atoms with E-state index < -0.39 is 0 Å². The maximum Gasteiger partial charge on any atom is 0.127 e. The predicted molar refractivity (Wildman–Crippen MR) is 97.5 cm³/mol. The second-order valence-electron chi connectivity index (χ2n) is 5.60. The third kappa shape index (κ3) is 3.70. The minimum absolute atomic E-state index is 0.563. The number of rotatable bonds is 5. The van der Waals surface area contributed by atoms with Gasteiger partial charge in [-0.3, -0.25) is 0 Å². The van der Waals surface area contributed by atoms with Gasteiger partial charge in [0.15, 0.2) is 0 Å². The van der Waals surface area contributed by atoms with Crippen molar-refractivity contribution in [1.82, 2.24) is 0 Å². The highest BCUT2D eigenvalue weighted by Gasteiger charge is 2.07. The summed E-state index contributed by atoms with van der Waals surface area (Å²) in [5.41, 5.74) is 5.75. The van der Waals surface area contributed by atoms with Gasteiger partial charge < -0.3 is 4.74 Å². The summed E-state index contributed by atoms with van der Waals surface area (Å²) in [5.74, 6) is 0.892. The van der Waals surface area contributed by atoms with Crippen LogP contribution < -0.4 is 4.74 Å². The quantitative estimate of drug-likeness (QED) is 0.571. The first kappa shape index (κ1) is 15.1. The van der Waals surface area contributed by atoms with Crippen LogP contribution in [0.1, 0.15) is 16.7 Å². The number of benzene rings is 3. The molecular formula is C22H20O. The standard InChI is InChI=1S/C22H20O/c1-3-18-11-14-22(23-16-19-7-5-4-6-8-19)21(15-18)20-12-9-17(2)10-13-20/h3-15H,1,16H2,2H3. The molecule has 0 N–H and O–H groups in total. The summed E-state index contributed by atoms with van der Waals surface area (Å²) < 4.78 is 6.07. The summed E-state index contributed by atoms with van der Waals surface area (Å²) in [7, 11) is 0. The molecule has 0 unspecified atom stereocenters. The van der Waals surface area contributed by atoms with Crippen LogP contribution in [0, 0.1) is 6.92 Å². The molecule has 0 aromatic heterocycles. The van der Waals surface area contributed by atoms with Crippen molar-refractivity contribution >= 4 is 6.08 Å². The Bertz CT molecular complexity index is 786. The Kier molecular flexibility index (Phi) is 4.58. The summed E-state index contributed by atoms with van der Waals surface area (Å²) in [6.45, 7) is 6.52. The average Bonchev–Trinajstić information content (AvgIpc) is 2.61. The fourth-order valence-electron chi connectivity index (χ4n) is 2.49. The summed E-state index contributed by atoms with van der Waals surface area (Å²) >= 11 is 0. The highest BCUT2D eigenvalue weighted by Crippen LogP contribution is 2.32. The molecule has 0 heterocycles. The fraction of sp³-hybridized carbons (Fsp3) is 0.0909. The maximum atomic E-state index is 6.07. The zero-order valence-corrected chi connectivity index (χ0v) is 13.3. The zero-order chi connectivity index (χ0) is 16.1. The number of hydrogen-bond donors (Lipinski definition) is 0. The van der Waals surface area contributed by atoms with E-state index in [2.05, 4.69) is 56.0 Å². The van der Waals surface area contributed by atoms with Gasteiger partial charge in [-0.1, -0.05) is 78.9 Å². The van der Waals surface area contributed by atoms with E-state index in [0.717, 1.165) is 28.0 Å². The SMILES string of the molecule is C=Cc1ccc(OCc2ccccc2)c(-c2ccc(C)cc2)c1. The van der Waals surface area contributed by atoms with Crippen LogP contribution in [0.3, 0.4) is 0 Å². The van der Waals surface area contributed by atoms with Gasteiger partial charge in [-0.25, -0.2) is 0 Å². The van der Waals surface area contributed by atoms with Crippen LogP contribution in [0.4, 0.5) is 0 Å². The lowest BCUT2D eigenvalue weighted by Crippen LogP contribution is -1.97. The van der Waals surface area contributed by atoms with Crippen molar-refractivity contribution in [2.45, 2.75) is 13.5 Å². The summed E-state index contributed by atoms with van der Waals surface area (Å²) in [4.78, 5) is 0. The van der Waals surface area contributed by atoms with Gasteiger partial charge in [0.2, 0.25) is 0 Å². The van der Waals surface area contributed by atoms with Crippen molar-refractivity contribution in [3.05, 3.63) is 96.1 Å². The smallest absolute Gasteiger partial charge is 0.127 e. The second-order valence-corrected chi connectivity index (χ2v) is 5.60. The lowest BCUT2D eigenvalue weighted by molar-refractivity contribution is 0.307. The van der Waals surface area contributed by atoms with Crippen molar-refractivity contribution in [1.29, 1.82) is 0 Å². The van der Waals surface area contributed by atoms with Gasteiger partial charge in [-0.05, 0) is 35.7 Å². The van der Waals surface area contributed by atoms with Gasteiger partial charge in [0.25, 0.3) is 0 Å². The van der Waals surface area contributed by atoms with Crippen molar-refractivity contribution < 1.29 is 4.74 Å². The van der Waals surface area contributed by atoms with E-state index in [1.165, 1.54) is 5.56 Å². The molecule has 1 heteroatoms. The number of hydrogen-bond acceptors (Lipinski definition) is 1. The Morgan fingerprint density at radius 2 is 1.65 bits per heavy atom. The Labute approximate surface area is 137 Å². The molecule has 0 spiro atoms. The van der Waals surface area contributed by atoms with Gasteiger partial charge >= 0.3 is 0 Å². The molecule has 0 aliphatic heterocycles.